The van der Waals surface area contributed by atoms with E-state index >= 15 is 0 Å². The van der Waals surface area contributed by atoms with Crippen LogP contribution in [0.1, 0.15) is 18.5 Å². The number of rotatable bonds is 5. The lowest BCUT2D eigenvalue weighted by atomic mass is 10.0. The third kappa shape index (κ3) is 3.57. The Balaban J connectivity index is 1.27. The first-order valence-corrected chi connectivity index (χ1v) is 8.61. The first kappa shape index (κ1) is 15.1. The molecule has 1 saturated heterocycles. The van der Waals surface area contributed by atoms with Crippen LogP contribution in [0.2, 0.25) is 0 Å². The van der Waals surface area contributed by atoms with E-state index in [4.69, 9.17) is 4.42 Å². The van der Waals surface area contributed by atoms with E-state index in [0.29, 0.717) is 12.1 Å². The predicted octanol–water partition coefficient (Wildman–Crippen LogP) is 3.34. The Kier molecular flexibility index (Phi) is 4.42. The monoisotopic (exact) mass is 322 g/mol. The van der Waals surface area contributed by atoms with Gasteiger partial charge < -0.3 is 14.6 Å². The van der Waals surface area contributed by atoms with Crippen molar-refractivity contribution in [3.8, 4) is 0 Å². The van der Waals surface area contributed by atoms with Crippen molar-refractivity contribution in [3.05, 3.63) is 54.4 Å². The van der Waals surface area contributed by atoms with Crippen LogP contribution in [0.15, 0.2) is 53.1 Å². The van der Waals surface area contributed by atoms with Gasteiger partial charge in [-0.3, -0.25) is 4.98 Å². The van der Waals surface area contributed by atoms with Crippen LogP contribution >= 0.6 is 0 Å². The number of nitrogens with one attached hydrogen (secondary N) is 1. The molecule has 0 atom stereocenters. The number of oxazole rings is 1. The maximum Gasteiger partial charge on any atom is 0.295 e. The van der Waals surface area contributed by atoms with Crippen molar-refractivity contribution < 1.29 is 4.42 Å². The lowest BCUT2D eigenvalue weighted by molar-refractivity contribution is 0.220. The number of likely N-dealkylation sites (tertiary alicyclic amines) is 1. The van der Waals surface area contributed by atoms with Gasteiger partial charge in [-0.2, -0.15) is 4.98 Å². The molecule has 1 aromatic carbocycles. The van der Waals surface area contributed by atoms with Gasteiger partial charge in [0.1, 0.15) is 5.52 Å². The van der Waals surface area contributed by atoms with E-state index in [9.17, 15) is 0 Å². The number of pyridine rings is 1. The molecule has 0 saturated carbocycles. The third-order valence-electron chi connectivity index (χ3n) is 4.62. The van der Waals surface area contributed by atoms with Gasteiger partial charge in [-0.1, -0.05) is 18.2 Å². The van der Waals surface area contributed by atoms with E-state index in [-0.39, 0.29) is 0 Å². The van der Waals surface area contributed by atoms with Crippen LogP contribution in [-0.4, -0.2) is 40.5 Å². The minimum Gasteiger partial charge on any atom is -0.424 e. The number of benzene rings is 1. The summed E-state index contributed by atoms with van der Waals surface area (Å²) in [7, 11) is 0. The van der Waals surface area contributed by atoms with Crippen LogP contribution in [-0.2, 0) is 6.42 Å². The molecule has 24 heavy (non-hydrogen) atoms. The Bertz CT molecular complexity index is 745. The average molecular weight is 322 g/mol. The molecule has 1 aliphatic heterocycles. The molecule has 1 N–H and O–H groups in total. The highest BCUT2D eigenvalue weighted by molar-refractivity contribution is 5.74. The first-order chi connectivity index (χ1) is 11.9. The number of fused-ring (bicyclic) bond motifs is 1. The Morgan fingerprint density at radius 3 is 2.71 bits per heavy atom. The highest BCUT2D eigenvalue weighted by Crippen LogP contribution is 2.21. The summed E-state index contributed by atoms with van der Waals surface area (Å²) in [4.78, 5) is 11.4. The molecule has 0 unspecified atom stereocenters. The zero-order valence-electron chi connectivity index (χ0n) is 13.7. The maximum absolute atomic E-state index is 5.76. The molecule has 0 radical (unpaired) electrons. The number of piperidine rings is 1. The van der Waals surface area contributed by atoms with E-state index in [2.05, 4.69) is 32.3 Å². The van der Waals surface area contributed by atoms with Crippen molar-refractivity contribution in [2.24, 2.45) is 0 Å². The minimum atomic E-state index is 0.434. The topological polar surface area (TPSA) is 54.2 Å². The quantitative estimate of drug-likeness (QED) is 0.781. The van der Waals surface area contributed by atoms with E-state index in [1.807, 2.05) is 36.5 Å². The number of hydrogen-bond acceptors (Lipinski definition) is 5. The maximum atomic E-state index is 5.76. The number of para-hydroxylation sites is 2. The van der Waals surface area contributed by atoms with Crippen molar-refractivity contribution >= 4 is 17.1 Å². The molecule has 1 aliphatic rings. The molecule has 5 heteroatoms. The molecule has 5 nitrogen and oxygen atoms in total. The van der Waals surface area contributed by atoms with Gasteiger partial charge in [-0.25, -0.2) is 0 Å². The van der Waals surface area contributed by atoms with E-state index < -0.39 is 0 Å². The molecule has 0 spiro atoms. The highest BCUT2D eigenvalue weighted by atomic mass is 16.4. The smallest absolute Gasteiger partial charge is 0.295 e. The third-order valence-corrected chi connectivity index (χ3v) is 4.62. The summed E-state index contributed by atoms with van der Waals surface area (Å²) in [5, 5.41) is 3.45. The summed E-state index contributed by atoms with van der Waals surface area (Å²) in [6.45, 7) is 3.28. The standard InChI is InChI=1S/C19H22N4O/c1-2-7-18-17(6-1)22-19(24-18)21-16-9-13-23(14-10-16)12-8-15-5-3-4-11-20-15/h1-7,11,16H,8-10,12-14H2,(H,21,22). The molecule has 0 amide bonds. The van der Waals surface area contributed by atoms with Crippen LogP contribution in [0, 0.1) is 0 Å². The number of anilines is 1. The molecule has 124 valence electrons. The fourth-order valence-corrected chi connectivity index (χ4v) is 3.23. The Hall–Kier alpha value is -2.40. The molecule has 0 aliphatic carbocycles. The Morgan fingerprint density at radius 2 is 1.92 bits per heavy atom. The highest BCUT2D eigenvalue weighted by Gasteiger charge is 2.20. The van der Waals surface area contributed by atoms with Crippen molar-refractivity contribution in [3.63, 3.8) is 0 Å². The van der Waals surface area contributed by atoms with Crippen molar-refractivity contribution in [1.82, 2.24) is 14.9 Å². The van der Waals surface area contributed by atoms with Gasteiger partial charge >= 0.3 is 0 Å². The number of nitrogens with zero attached hydrogens (tertiary/aromatic N) is 3. The van der Waals surface area contributed by atoms with Crippen LogP contribution < -0.4 is 5.32 Å². The molecule has 3 heterocycles. The minimum absolute atomic E-state index is 0.434. The normalized spacial score (nSPS) is 16.5. The summed E-state index contributed by atoms with van der Waals surface area (Å²) >= 11 is 0. The zero-order chi connectivity index (χ0) is 16.2. The molecule has 1 fully saturated rings. The van der Waals surface area contributed by atoms with Gasteiger partial charge in [-0.05, 0) is 37.1 Å². The molecule has 4 rings (SSSR count). The summed E-state index contributed by atoms with van der Waals surface area (Å²) in [6.07, 6.45) is 5.11. The van der Waals surface area contributed by atoms with Crippen LogP contribution in [0.25, 0.3) is 11.1 Å². The molecule has 0 bridgehead atoms. The largest absolute Gasteiger partial charge is 0.424 e. The SMILES string of the molecule is c1ccc(CCN2CCC(Nc3nc4ccccc4o3)CC2)nc1. The lowest BCUT2D eigenvalue weighted by Gasteiger charge is -2.31. The fraction of sp³-hybridized carbons (Fsp3) is 0.368. The van der Waals surface area contributed by atoms with E-state index in [1.54, 1.807) is 0 Å². The van der Waals surface area contributed by atoms with Crippen molar-refractivity contribution in [2.75, 3.05) is 25.0 Å². The Morgan fingerprint density at radius 1 is 1.08 bits per heavy atom. The predicted molar refractivity (Wildman–Crippen MR) is 95.0 cm³/mol. The van der Waals surface area contributed by atoms with Crippen LogP contribution in [0.4, 0.5) is 6.01 Å². The second-order valence-electron chi connectivity index (χ2n) is 6.32. The van der Waals surface area contributed by atoms with Gasteiger partial charge in [-0.15, -0.1) is 0 Å². The van der Waals surface area contributed by atoms with Crippen LogP contribution in [0.3, 0.4) is 0 Å². The van der Waals surface area contributed by atoms with E-state index in [1.165, 1.54) is 5.69 Å². The van der Waals surface area contributed by atoms with Crippen molar-refractivity contribution in [2.45, 2.75) is 25.3 Å². The molecular formula is C19H22N4O. The second kappa shape index (κ2) is 7.01. The molecule has 2 aromatic heterocycles. The van der Waals surface area contributed by atoms with Gasteiger partial charge in [0.2, 0.25) is 0 Å². The Labute approximate surface area is 141 Å². The van der Waals surface area contributed by atoms with Gasteiger partial charge in [0.25, 0.3) is 6.01 Å². The van der Waals surface area contributed by atoms with Gasteiger partial charge in [0, 0.05) is 44.0 Å². The number of hydrogen-bond donors (Lipinski definition) is 1. The van der Waals surface area contributed by atoms with Gasteiger partial charge in [0.05, 0.1) is 0 Å². The zero-order valence-corrected chi connectivity index (χ0v) is 13.7. The molecule has 3 aromatic rings. The van der Waals surface area contributed by atoms with E-state index in [0.717, 1.165) is 50.0 Å². The average Bonchev–Trinajstić information content (AvgIpc) is 3.04. The summed E-state index contributed by atoms with van der Waals surface area (Å²) < 4.78 is 5.76. The second-order valence-corrected chi connectivity index (χ2v) is 6.32. The fourth-order valence-electron chi connectivity index (χ4n) is 3.23. The number of aromatic nitrogens is 2. The lowest BCUT2D eigenvalue weighted by Crippen LogP contribution is -2.40. The van der Waals surface area contributed by atoms with Gasteiger partial charge in [0.15, 0.2) is 5.58 Å². The first-order valence-electron chi connectivity index (χ1n) is 8.61. The summed E-state index contributed by atoms with van der Waals surface area (Å²) in [5.74, 6) is 0. The van der Waals surface area contributed by atoms with Crippen molar-refractivity contribution in [1.29, 1.82) is 0 Å². The summed E-state index contributed by atoms with van der Waals surface area (Å²) in [6, 6.07) is 15.1. The molecular weight excluding hydrogens is 300 g/mol. The summed E-state index contributed by atoms with van der Waals surface area (Å²) in [5.41, 5.74) is 2.92. The van der Waals surface area contributed by atoms with Crippen LogP contribution in [0.5, 0.6) is 0 Å².